The fourth-order valence-electron chi connectivity index (χ4n) is 0. The molecular formula is C4H13AlLiN. The molecule has 0 atom stereocenters. The SMILES string of the molecule is C=C(C)C.[H-].[Li+].[NH2][AlH2]. The average molecular weight is 109 g/mol. The topological polar surface area (TPSA) is 26.0 Å². The second-order valence-electron chi connectivity index (χ2n) is 1.21. The Morgan fingerprint density at radius 2 is 1.57 bits per heavy atom. The van der Waals surface area contributed by atoms with Gasteiger partial charge in [-0.2, -0.15) is 0 Å². The molecule has 0 spiro atoms. The number of hydrogen-bond donors (Lipinski definition) is 1. The van der Waals surface area contributed by atoms with Crippen molar-refractivity contribution in [1.82, 2.24) is 0 Å². The van der Waals surface area contributed by atoms with Gasteiger partial charge in [-0.15, -0.1) is 6.58 Å². The molecule has 0 heterocycles. The van der Waals surface area contributed by atoms with E-state index in [0.717, 1.165) is 16.5 Å². The third-order valence-corrected chi connectivity index (χ3v) is 0. The monoisotopic (exact) mass is 109 g/mol. The van der Waals surface area contributed by atoms with E-state index >= 15 is 0 Å². The smallest absolute Gasteiger partial charge is 1.00 e. The zero-order chi connectivity index (χ0) is 5.58. The molecule has 2 N–H and O–H groups in total. The second-order valence-corrected chi connectivity index (χ2v) is 1.21. The van der Waals surface area contributed by atoms with Crippen LogP contribution in [0.15, 0.2) is 12.2 Å². The van der Waals surface area contributed by atoms with E-state index in [2.05, 4.69) is 11.3 Å². The van der Waals surface area contributed by atoms with Crippen molar-refractivity contribution in [2.75, 3.05) is 0 Å². The van der Waals surface area contributed by atoms with Crippen LogP contribution in [0.5, 0.6) is 0 Å². The minimum absolute atomic E-state index is 0. The zero-order valence-corrected chi connectivity index (χ0v) is 7.78. The van der Waals surface area contributed by atoms with E-state index in [1.807, 2.05) is 13.8 Å². The minimum atomic E-state index is 0. The Morgan fingerprint density at radius 1 is 1.57 bits per heavy atom. The molecule has 38 valence electrons. The van der Waals surface area contributed by atoms with Crippen molar-refractivity contribution in [3.05, 3.63) is 12.2 Å². The summed E-state index contributed by atoms with van der Waals surface area (Å²) in [5, 5.41) is 0. The van der Waals surface area contributed by atoms with Crippen molar-refractivity contribution in [3.63, 3.8) is 0 Å². The molecule has 7 heavy (non-hydrogen) atoms. The van der Waals surface area contributed by atoms with Crippen molar-refractivity contribution in [2.45, 2.75) is 13.8 Å². The third kappa shape index (κ3) is 231. The summed E-state index contributed by atoms with van der Waals surface area (Å²) < 4.78 is 4.64. The maximum atomic E-state index is 4.64. The van der Waals surface area contributed by atoms with E-state index in [1.54, 1.807) is 0 Å². The molecular weight excluding hydrogens is 96.0 g/mol. The molecule has 0 saturated heterocycles. The zero-order valence-electron chi connectivity index (χ0n) is 6.78. The van der Waals surface area contributed by atoms with Gasteiger partial charge < -0.3 is 6.14 Å². The van der Waals surface area contributed by atoms with Gasteiger partial charge in [0.05, 0.1) is 0 Å². The van der Waals surface area contributed by atoms with E-state index < -0.39 is 0 Å². The van der Waals surface area contributed by atoms with E-state index in [1.165, 1.54) is 5.57 Å². The van der Waals surface area contributed by atoms with Crippen LogP contribution in [0.25, 0.3) is 0 Å². The van der Waals surface area contributed by atoms with Gasteiger partial charge in [0.2, 0.25) is 0 Å². The summed E-state index contributed by atoms with van der Waals surface area (Å²) in [6.45, 7) is 7.50. The Labute approximate surface area is 67.7 Å². The van der Waals surface area contributed by atoms with Gasteiger partial charge in [-0.3, -0.25) is 0 Å². The normalized spacial score (nSPS) is 4.43. The molecule has 0 aliphatic heterocycles. The van der Waals surface area contributed by atoms with Gasteiger partial charge in [-0.1, -0.05) is 5.57 Å². The summed E-state index contributed by atoms with van der Waals surface area (Å²) in [6, 6.07) is 0. The minimum Gasteiger partial charge on any atom is -1.00 e. The number of hydrogen-bond acceptors (Lipinski definition) is 1. The van der Waals surface area contributed by atoms with Crippen LogP contribution in [0.4, 0.5) is 0 Å². The first-order valence-corrected chi connectivity index (χ1v) is 3.09. The van der Waals surface area contributed by atoms with Crippen LogP contribution in [0.3, 0.4) is 0 Å². The first-order chi connectivity index (χ1) is 2.73. The van der Waals surface area contributed by atoms with Crippen LogP contribution >= 0.6 is 0 Å². The molecule has 0 unspecified atom stereocenters. The van der Waals surface area contributed by atoms with Crippen LogP contribution < -0.4 is 23.6 Å². The maximum absolute atomic E-state index is 4.64. The molecule has 0 bridgehead atoms. The molecule has 0 aromatic heterocycles. The van der Waals surface area contributed by atoms with Crippen LogP contribution in [0.2, 0.25) is 0 Å². The predicted octanol–water partition coefficient (Wildman–Crippen LogP) is -2.81. The Balaban J connectivity index is -0.0000000183. The molecule has 0 aromatic rings. The summed E-state index contributed by atoms with van der Waals surface area (Å²) in [7, 11) is 0. The van der Waals surface area contributed by atoms with Gasteiger partial charge in [0.15, 0.2) is 0 Å². The molecule has 1 nitrogen and oxygen atoms in total. The van der Waals surface area contributed by atoms with E-state index in [9.17, 15) is 0 Å². The van der Waals surface area contributed by atoms with Crippen LogP contribution in [0.1, 0.15) is 15.3 Å². The quantitative estimate of drug-likeness (QED) is 0.264. The summed E-state index contributed by atoms with van der Waals surface area (Å²) in [4.78, 5) is 0. The molecule has 0 fully saturated rings. The molecule has 0 saturated carbocycles. The third-order valence-electron chi connectivity index (χ3n) is 0. The van der Waals surface area contributed by atoms with Gasteiger partial charge in [0.1, 0.15) is 0 Å². The Hall–Kier alpha value is 0.830. The van der Waals surface area contributed by atoms with E-state index in [-0.39, 0.29) is 20.3 Å². The summed E-state index contributed by atoms with van der Waals surface area (Å²) >= 11 is 0.806. The number of nitrogens with two attached hydrogens (primary N) is 1. The average Bonchev–Trinajstić information content (AvgIpc) is 1.41. The molecule has 0 radical (unpaired) electrons. The molecule has 0 rings (SSSR count). The van der Waals surface area contributed by atoms with Crippen LogP contribution in [-0.4, -0.2) is 16.5 Å². The molecule has 0 aliphatic rings. The molecule has 0 amide bonds. The van der Waals surface area contributed by atoms with Crippen LogP contribution in [0, 0.1) is 0 Å². The predicted molar refractivity (Wildman–Crippen MR) is 34.3 cm³/mol. The van der Waals surface area contributed by atoms with Crippen molar-refractivity contribution < 1.29 is 20.3 Å². The van der Waals surface area contributed by atoms with Crippen LogP contribution in [-0.2, 0) is 0 Å². The second kappa shape index (κ2) is 15.8. The number of allylic oxidation sites excluding steroid dienone is 1. The Bertz CT molecular complexity index is 39.0. The maximum Gasteiger partial charge on any atom is 1.00 e. The van der Waals surface area contributed by atoms with Gasteiger partial charge in [0.25, 0.3) is 0 Å². The summed E-state index contributed by atoms with van der Waals surface area (Å²) in [5.41, 5.74) is 1.17. The molecule has 0 aliphatic carbocycles. The summed E-state index contributed by atoms with van der Waals surface area (Å²) in [6.07, 6.45) is 0. The Morgan fingerprint density at radius 3 is 1.57 bits per heavy atom. The van der Waals surface area contributed by atoms with Crippen molar-refractivity contribution in [2.24, 2.45) is 4.72 Å². The van der Waals surface area contributed by atoms with Crippen molar-refractivity contribution >= 4 is 16.5 Å². The van der Waals surface area contributed by atoms with E-state index in [4.69, 9.17) is 0 Å². The van der Waals surface area contributed by atoms with Gasteiger partial charge in [-0.25, -0.2) is 0 Å². The largest absolute Gasteiger partial charge is 1.00 e. The molecule has 3 heteroatoms. The fourth-order valence-corrected chi connectivity index (χ4v) is 0. The Kier molecular flexibility index (Phi) is 35.4. The first-order valence-electron chi connectivity index (χ1n) is 1.93. The van der Waals surface area contributed by atoms with Crippen molar-refractivity contribution in [1.29, 1.82) is 0 Å². The summed E-state index contributed by atoms with van der Waals surface area (Å²) in [5.74, 6) is 0. The number of rotatable bonds is 0. The van der Waals surface area contributed by atoms with Crippen molar-refractivity contribution in [3.8, 4) is 0 Å². The first kappa shape index (κ1) is 15.7. The van der Waals surface area contributed by atoms with E-state index in [0.29, 0.717) is 0 Å². The van der Waals surface area contributed by atoms with Gasteiger partial charge >= 0.3 is 35.4 Å². The molecule has 0 aromatic carbocycles. The van der Waals surface area contributed by atoms with Gasteiger partial charge in [0, 0.05) is 0 Å². The van der Waals surface area contributed by atoms with Gasteiger partial charge in [-0.05, 0) is 13.8 Å². The fraction of sp³-hybridized carbons (Fsp3) is 0.500. The standard InChI is InChI=1S/C4H8.Al.Li.H2N.3H/c1-4(2)3;;;;;;/h1H2,2-3H3;;;1H2;;;/q;2*+1;-1;;;-1.